The largest absolute Gasteiger partial charge is 0.459 e. The molecule has 2 amide bonds. The Bertz CT molecular complexity index is 1470. The molecule has 0 aliphatic carbocycles. The molecule has 2 aliphatic rings. The molecule has 0 unspecified atom stereocenters. The number of fused-ring (bicyclic) bond motifs is 1. The van der Waals surface area contributed by atoms with Gasteiger partial charge in [-0.3, -0.25) is 14.4 Å². The number of hydroxylamine groups is 1. The van der Waals surface area contributed by atoms with Crippen LogP contribution in [0.3, 0.4) is 0 Å². The lowest BCUT2D eigenvalue weighted by Crippen LogP contribution is -2.37. The number of para-hydroxylation sites is 1. The van der Waals surface area contributed by atoms with Gasteiger partial charge in [-0.05, 0) is 66.7 Å². The first kappa shape index (κ1) is 23.1. The molecule has 4 aromatic rings. The number of hydrogen-bond acceptors (Lipinski definition) is 5. The molecule has 0 spiro atoms. The van der Waals surface area contributed by atoms with Crippen molar-refractivity contribution in [3.8, 4) is 11.3 Å². The lowest BCUT2D eigenvalue weighted by Gasteiger charge is -2.27. The summed E-state index contributed by atoms with van der Waals surface area (Å²) in [6.07, 6.45) is -1.01. The minimum Gasteiger partial charge on any atom is -0.459 e. The summed E-state index contributed by atoms with van der Waals surface area (Å²) in [5.74, 6) is -0.714. The predicted octanol–water partition coefficient (Wildman–Crippen LogP) is 6.96. The van der Waals surface area contributed by atoms with Crippen molar-refractivity contribution < 1.29 is 18.8 Å². The average Bonchev–Trinajstić information content (AvgIpc) is 3.57. The van der Waals surface area contributed by atoms with Crippen molar-refractivity contribution in [2.24, 2.45) is 5.92 Å². The van der Waals surface area contributed by atoms with E-state index in [1.165, 1.54) is 0 Å². The van der Waals surface area contributed by atoms with E-state index in [-0.39, 0.29) is 5.91 Å². The summed E-state index contributed by atoms with van der Waals surface area (Å²) in [7, 11) is 0. The van der Waals surface area contributed by atoms with E-state index in [4.69, 9.17) is 44.1 Å². The fourth-order valence-corrected chi connectivity index (χ4v) is 5.20. The number of anilines is 2. The van der Waals surface area contributed by atoms with E-state index in [0.29, 0.717) is 43.5 Å². The summed E-state index contributed by atoms with van der Waals surface area (Å²) in [5, 5.41) is 3.07. The van der Waals surface area contributed by atoms with Crippen LogP contribution >= 0.6 is 34.8 Å². The Kier molecular flexibility index (Phi) is 5.77. The molecule has 0 radical (unpaired) electrons. The van der Waals surface area contributed by atoms with Crippen LogP contribution in [-0.2, 0) is 14.4 Å². The molecule has 0 saturated carbocycles. The average molecular weight is 540 g/mol. The normalized spacial score (nSPS) is 21.4. The van der Waals surface area contributed by atoms with Gasteiger partial charge in [-0.25, -0.2) is 9.96 Å². The molecule has 1 aromatic heterocycles. The highest BCUT2D eigenvalue weighted by Gasteiger charge is 2.61. The summed E-state index contributed by atoms with van der Waals surface area (Å²) in [6, 6.07) is 23.7. The Labute approximate surface area is 221 Å². The van der Waals surface area contributed by atoms with Gasteiger partial charge in [0.1, 0.15) is 23.5 Å². The number of nitrogens with zero attached hydrogens (tertiary/aromatic N) is 2. The van der Waals surface area contributed by atoms with E-state index < -0.39 is 24.0 Å². The van der Waals surface area contributed by atoms with Crippen molar-refractivity contribution in [2.75, 3.05) is 9.96 Å². The van der Waals surface area contributed by atoms with Crippen LogP contribution in [0.25, 0.3) is 11.3 Å². The van der Waals surface area contributed by atoms with Crippen LogP contribution in [0.15, 0.2) is 89.3 Å². The first-order chi connectivity index (χ1) is 17.4. The van der Waals surface area contributed by atoms with E-state index in [1.807, 2.05) is 30.3 Å². The number of carbonyl (C=O) groups is 2. The highest BCUT2D eigenvalue weighted by atomic mass is 35.5. The van der Waals surface area contributed by atoms with Crippen LogP contribution in [0.5, 0.6) is 0 Å². The topological polar surface area (TPSA) is 63.0 Å². The molecule has 0 bridgehead atoms. The molecule has 2 aliphatic heterocycles. The highest BCUT2D eigenvalue weighted by Crippen LogP contribution is 2.48. The zero-order chi connectivity index (χ0) is 25.0. The third-order valence-corrected chi connectivity index (χ3v) is 7.14. The van der Waals surface area contributed by atoms with Gasteiger partial charge in [0.15, 0.2) is 6.10 Å². The van der Waals surface area contributed by atoms with Gasteiger partial charge in [0.25, 0.3) is 5.91 Å². The minimum atomic E-state index is -1.01. The number of hydrogen-bond donors (Lipinski definition) is 0. The smallest absolute Gasteiger partial charge is 0.266 e. The second-order valence-electron chi connectivity index (χ2n) is 8.47. The van der Waals surface area contributed by atoms with Crippen molar-refractivity contribution in [2.45, 2.75) is 12.1 Å². The number of benzene rings is 3. The minimum absolute atomic E-state index is 0.380. The van der Waals surface area contributed by atoms with Crippen LogP contribution in [0, 0.1) is 5.92 Å². The van der Waals surface area contributed by atoms with Crippen molar-refractivity contribution in [3.05, 3.63) is 106 Å². The molecule has 36 heavy (non-hydrogen) atoms. The summed E-state index contributed by atoms with van der Waals surface area (Å²) >= 11 is 18.6. The van der Waals surface area contributed by atoms with Crippen molar-refractivity contribution in [1.29, 1.82) is 0 Å². The third-order valence-electron chi connectivity index (χ3n) is 6.32. The lowest BCUT2D eigenvalue weighted by molar-refractivity contribution is -0.126. The fourth-order valence-electron chi connectivity index (χ4n) is 4.69. The van der Waals surface area contributed by atoms with Crippen molar-refractivity contribution in [1.82, 2.24) is 0 Å². The van der Waals surface area contributed by atoms with E-state index in [0.717, 1.165) is 4.90 Å². The molecule has 9 heteroatoms. The maximum Gasteiger partial charge on any atom is 0.266 e. The van der Waals surface area contributed by atoms with E-state index in [1.54, 1.807) is 59.7 Å². The van der Waals surface area contributed by atoms with Crippen LogP contribution < -0.4 is 9.96 Å². The lowest BCUT2D eigenvalue weighted by atomic mass is 9.94. The Hall–Kier alpha value is -3.29. The highest BCUT2D eigenvalue weighted by molar-refractivity contribution is 6.35. The number of imide groups is 1. The predicted molar refractivity (Wildman–Crippen MR) is 138 cm³/mol. The van der Waals surface area contributed by atoms with Crippen LogP contribution in [0.1, 0.15) is 11.8 Å². The number of furan rings is 1. The molecule has 3 atom stereocenters. The quantitative estimate of drug-likeness (QED) is 0.262. The van der Waals surface area contributed by atoms with E-state index in [9.17, 15) is 9.59 Å². The summed E-state index contributed by atoms with van der Waals surface area (Å²) in [6.45, 7) is 0. The molecule has 6 nitrogen and oxygen atoms in total. The van der Waals surface area contributed by atoms with Gasteiger partial charge in [0.2, 0.25) is 5.91 Å². The molecular formula is C27H17Cl3N2O4. The summed E-state index contributed by atoms with van der Waals surface area (Å²) < 4.78 is 6.23. The molecule has 0 N–H and O–H groups in total. The van der Waals surface area contributed by atoms with Gasteiger partial charge >= 0.3 is 0 Å². The monoisotopic (exact) mass is 538 g/mol. The molecule has 2 saturated heterocycles. The van der Waals surface area contributed by atoms with Gasteiger partial charge in [0, 0.05) is 15.6 Å². The summed E-state index contributed by atoms with van der Waals surface area (Å²) in [5.41, 5.74) is 1.74. The number of carbonyl (C=O) groups excluding carboxylic acids is 2. The molecule has 3 heterocycles. The number of halogens is 3. The van der Waals surface area contributed by atoms with E-state index >= 15 is 0 Å². The van der Waals surface area contributed by atoms with Gasteiger partial charge < -0.3 is 4.42 Å². The standard InChI is InChI=1S/C27H17Cl3N2O4/c28-15-6-9-17(10-7-15)31-26(33)23-24(32(36-25(23)27(31)34)18-4-2-1-3-5-18)22-13-12-21(35-22)19-14-16(29)8-11-20(19)30/h1-14,23-25H/t23-,24-,25-/m0/s1. The zero-order valence-corrected chi connectivity index (χ0v) is 20.7. The number of amides is 2. The molecule has 180 valence electrons. The second kappa shape index (κ2) is 8.98. The van der Waals surface area contributed by atoms with Gasteiger partial charge in [0.05, 0.1) is 16.4 Å². The SMILES string of the molecule is O=C1[C@@H]2[C@H](ON(c3ccccc3)[C@H]2c2ccc(-c3cc(Cl)ccc3Cl)o2)C(=O)N1c1ccc(Cl)cc1. The molecule has 6 rings (SSSR count). The van der Waals surface area contributed by atoms with Crippen LogP contribution in [0.4, 0.5) is 11.4 Å². The Morgan fingerprint density at radius 2 is 1.44 bits per heavy atom. The molecular weight excluding hydrogens is 523 g/mol. The van der Waals surface area contributed by atoms with Crippen LogP contribution in [0.2, 0.25) is 15.1 Å². The number of rotatable bonds is 4. The zero-order valence-electron chi connectivity index (χ0n) is 18.5. The first-order valence-electron chi connectivity index (χ1n) is 11.1. The van der Waals surface area contributed by atoms with Crippen LogP contribution in [-0.4, -0.2) is 17.9 Å². The first-order valence-corrected chi connectivity index (χ1v) is 12.3. The second-order valence-corrected chi connectivity index (χ2v) is 9.75. The molecule has 2 fully saturated rings. The van der Waals surface area contributed by atoms with Gasteiger partial charge in [-0.1, -0.05) is 53.0 Å². The Morgan fingerprint density at radius 1 is 0.722 bits per heavy atom. The van der Waals surface area contributed by atoms with Crippen molar-refractivity contribution >= 4 is 58.0 Å². The maximum atomic E-state index is 13.7. The van der Waals surface area contributed by atoms with Crippen molar-refractivity contribution in [3.63, 3.8) is 0 Å². The van der Waals surface area contributed by atoms with Gasteiger partial charge in [-0.15, -0.1) is 0 Å². The maximum absolute atomic E-state index is 13.7. The Balaban J connectivity index is 1.43. The molecule has 3 aromatic carbocycles. The van der Waals surface area contributed by atoms with E-state index in [2.05, 4.69) is 0 Å². The fraction of sp³-hybridized carbons (Fsp3) is 0.111. The van der Waals surface area contributed by atoms with Gasteiger partial charge in [-0.2, -0.15) is 0 Å². The third kappa shape index (κ3) is 3.78. The Morgan fingerprint density at radius 3 is 2.19 bits per heavy atom. The summed E-state index contributed by atoms with van der Waals surface area (Å²) in [4.78, 5) is 34.4.